The van der Waals surface area contributed by atoms with E-state index in [1.54, 1.807) is 0 Å². The van der Waals surface area contributed by atoms with Crippen LogP contribution < -0.4 is 5.73 Å². The van der Waals surface area contributed by atoms with Gasteiger partial charge in [-0.15, -0.1) is 0 Å². The van der Waals surface area contributed by atoms with Gasteiger partial charge in [-0.1, -0.05) is 55.5 Å². The highest BCUT2D eigenvalue weighted by molar-refractivity contribution is 5.24. The number of nitrogens with two attached hydrogens (primary N) is 1. The molecule has 0 heterocycles. The Labute approximate surface area is 110 Å². The zero-order valence-corrected chi connectivity index (χ0v) is 11.4. The van der Waals surface area contributed by atoms with Crippen LogP contribution in [-0.2, 0) is 0 Å². The van der Waals surface area contributed by atoms with E-state index >= 15 is 0 Å². The van der Waals surface area contributed by atoms with Gasteiger partial charge in [0.15, 0.2) is 0 Å². The van der Waals surface area contributed by atoms with Crippen LogP contribution in [0.25, 0.3) is 0 Å². The summed E-state index contributed by atoms with van der Waals surface area (Å²) in [6, 6.07) is 8.23. The quantitative estimate of drug-likeness (QED) is 0.805. The Balaban J connectivity index is 2.22. The van der Waals surface area contributed by atoms with Crippen molar-refractivity contribution in [2.24, 2.45) is 11.1 Å². The lowest BCUT2D eigenvalue weighted by molar-refractivity contribution is 0.0166. The Morgan fingerprint density at radius 3 is 2.17 bits per heavy atom. The van der Waals surface area contributed by atoms with Gasteiger partial charge in [0.1, 0.15) is 0 Å². The summed E-state index contributed by atoms with van der Waals surface area (Å²) in [6.45, 7) is 2.66. The van der Waals surface area contributed by atoms with Crippen LogP contribution in [-0.4, -0.2) is 11.7 Å². The molecule has 0 spiro atoms. The van der Waals surface area contributed by atoms with Crippen LogP contribution in [0.4, 0.5) is 0 Å². The Morgan fingerprint density at radius 2 is 1.67 bits per heavy atom. The highest BCUT2D eigenvalue weighted by Crippen LogP contribution is 2.44. The first-order chi connectivity index (χ1) is 8.68. The van der Waals surface area contributed by atoms with Gasteiger partial charge in [-0.05, 0) is 25.3 Å². The van der Waals surface area contributed by atoms with Gasteiger partial charge in [0.05, 0.1) is 6.10 Å². The third-order valence-corrected chi connectivity index (χ3v) is 4.48. The van der Waals surface area contributed by atoms with Crippen LogP contribution in [0.3, 0.4) is 0 Å². The fourth-order valence-corrected chi connectivity index (χ4v) is 3.12. The number of rotatable bonds is 3. The van der Waals surface area contributed by atoms with E-state index in [-0.39, 0.29) is 5.41 Å². The highest BCUT2D eigenvalue weighted by atomic mass is 16.3. The minimum Gasteiger partial charge on any atom is -0.388 e. The van der Waals surface area contributed by atoms with Crippen molar-refractivity contribution in [1.29, 1.82) is 0 Å². The van der Waals surface area contributed by atoms with Gasteiger partial charge in [-0.25, -0.2) is 0 Å². The number of hydrogen-bond donors (Lipinski definition) is 2. The smallest absolute Gasteiger partial charge is 0.0858 e. The molecule has 0 saturated heterocycles. The second-order valence-electron chi connectivity index (χ2n) is 5.79. The molecule has 18 heavy (non-hydrogen) atoms. The van der Waals surface area contributed by atoms with Gasteiger partial charge in [-0.2, -0.15) is 0 Å². The maximum absolute atomic E-state index is 10.7. The normalized spacial score (nSPS) is 21.3. The molecule has 2 heteroatoms. The molecule has 1 aliphatic rings. The van der Waals surface area contributed by atoms with Crippen LogP contribution in [0.15, 0.2) is 24.3 Å². The second kappa shape index (κ2) is 5.85. The minimum atomic E-state index is -0.416. The van der Waals surface area contributed by atoms with Crippen molar-refractivity contribution in [2.45, 2.75) is 51.6 Å². The van der Waals surface area contributed by atoms with Crippen molar-refractivity contribution in [1.82, 2.24) is 0 Å². The third-order valence-electron chi connectivity index (χ3n) is 4.48. The SMILES string of the molecule is Cc1ccc(C(O)C2(CN)CCCCCC2)cc1. The zero-order chi connectivity index (χ0) is 13.0. The Kier molecular flexibility index (Phi) is 4.41. The maximum Gasteiger partial charge on any atom is 0.0858 e. The van der Waals surface area contributed by atoms with Gasteiger partial charge in [0, 0.05) is 12.0 Å². The van der Waals surface area contributed by atoms with Gasteiger partial charge >= 0.3 is 0 Å². The lowest BCUT2D eigenvalue weighted by Gasteiger charge is -2.36. The molecule has 2 rings (SSSR count). The molecule has 1 aromatic rings. The molecule has 100 valence electrons. The Hall–Kier alpha value is -0.860. The molecule has 1 aromatic carbocycles. The lowest BCUT2D eigenvalue weighted by atomic mass is 9.73. The fraction of sp³-hybridized carbons (Fsp3) is 0.625. The van der Waals surface area contributed by atoms with Crippen LogP contribution in [0, 0.1) is 12.3 Å². The third kappa shape index (κ3) is 2.76. The number of aliphatic hydroxyl groups is 1. The average molecular weight is 247 g/mol. The Bertz CT molecular complexity index is 363. The summed E-state index contributed by atoms with van der Waals surface area (Å²) in [4.78, 5) is 0. The van der Waals surface area contributed by atoms with Gasteiger partial charge in [0.25, 0.3) is 0 Å². The standard InChI is InChI=1S/C16H25NO/c1-13-6-8-14(9-7-13)15(18)16(12-17)10-4-2-3-5-11-16/h6-9,15,18H,2-5,10-12,17H2,1H3. The Morgan fingerprint density at radius 1 is 1.11 bits per heavy atom. The molecule has 2 nitrogen and oxygen atoms in total. The number of aliphatic hydroxyl groups excluding tert-OH is 1. The predicted octanol–water partition coefficient (Wildman–Crippen LogP) is 3.33. The molecular formula is C16H25NO. The van der Waals surface area contributed by atoms with Gasteiger partial charge < -0.3 is 10.8 Å². The van der Waals surface area contributed by atoms with Crippen LogP contribution in [0.5, 0.6) is 0 Å². The topological polar surface area (TPSA) is 46.2 Å². The molecule has 1 fully saturated rings. The highest BCUT2D eigenvalue weighted by Gasteiger charge is 2.37. The minimum absolute atomic E-state index is 0.105. The molecule has 0 aliphatic heterocycles. The summed E-state index contributed by atoms with van der Waals surface area (Å²) >= 11 is 0. The number of benzene rings is 1. The predicted molar refractivity (Wildman–Crippen MR) is 75.3 cm³/mol. The molecule has 1 unspecified atom stereocenters. The van der Waals surface area contributed by atoms with E-state index < -0.39 is 6.10 Å². The van der Waals surface area contributed by atoms with E-state index in [9.17, 15) is 5.11 Å². The van der Waals surface area contributed by atoms with Crippen molar-refractivity contribution in [3.63, 3.8) is 0 Å². The van der Waals surface area contributed by atoms with E-state index in [1.807, 2.05) is 12.1 Å². The average Bonchev–Trinajstić information content (AvgIpc) is 2.65. The summed E-state index contributed by atoms with van der Waals surface area (Å²) < 4.78 is 0. The molecule has 0 radical (unpaired) electrons. The van der Waals surface area contributed by atoms with E-state index in [2.05, 4.69) is 19.1 Å². The molecule has 1 atom stereocenters. The first kappa shape index (κ1) is 13.6. The van der Waals surface area contributed by atoms with Crippen LogP contribution in [0.1, 0.15) is 55.8 Å². The summed E-state index contributed by atoms with van der Waals surface area (Å²) in [7, 11) is 0. The molecular weight excluding hydrogens is 222 g/mol. The molecule has 0 amide bonds. The largest absolute Gasteiger partial charge is 0.388 e. The lowest BCUT2D eigenvalue weighted by Crippen LogP contribution is -2.36. The molecule has 1 saturated carbocycles. The molecule has 0 aromatic heterocycles. The molecule has 1 aliphatic carbocycles. The summed E-state index contributed by atoms with van der Waals surface area (Å²) in [5, 5.41) is 10.7. The summed E-state index contributed by atoms with van der Waals surface area (Å²) in [6.07, 6.45) is 6.64. The maximum atomic E-state index is 10.7. The van der Waals surface area contributed by atoms with E-state index in [0.717, 1.165) is 18.4 Å². The molecule has 3 N–H and O–H groups in total. The van der Waals surface area contributed by atoms with E-state index in [0.29, 0.717) is 6.54 Å². The zero-order valence-electron chi connectivity index (χ0n) is 11.4. The first-order valence-corrected chi connectivity index (χ1v) is 7.13. The van der Waals surface area contributed by atoms with Crippen molar-refractivity contribution in [3.05, 3.63) is 35.4 Å². The van der Waals surface area contributed by atoms with Crippen molar-refractivity contribution < 1.29 is 5.11 Å². The summed E-state index contributed by atoms with van der Waals surface area (Å²) in [5.41, 5.74) is 8.16. The van der Waals surface area contributed by atoms with Crippen LogP contribution >= 0.6 is 0 Å². The monoisotopic (exact) mass is 247 g/mol. The number of hydrogen-bond acceptors (Lipinski definition) is 2. The van der Waals surface area contributed by atoms with Crippen molar-refractivity contribution >= 4 is 0 Å². The van der Waals surface area contributed by atoms with E-state index in [4.69, 9.17) is 5.73 Å². The van der Waals surface area contributed by atoms with E-state index in [1.165, 1.54) is 31.2 Å². The number of aryl methyl sites for hydroxylation is 1. The van der Waals surface area contributed by atoms with Crippen molar-refractivity contribution in [3.8, 4) is 0 Å². The van der Waals surface area contributed by atoms with Crippen molar-refractivity contribution in [2.75, 3.05) is 6.54 Å². The fourth-order valence-electron chi connectivity index (χ4n) is 3.12. The van der Waals surface area contributed by atoms with Gasteiger partial charge in [0.2, 0.25) is 0 Å². The van der Waals surface area contributed by atoms with Crippen LogP contribution in [0.2, 0.25) is 0 Å². The molecule has 0 bridgehead atoms. The summed E-state index contributed by atoms with van der Waals surface area (Å²) in [5.74, 6) is 0. The first-order valence-electron chi connectivity index (χ1n) is 7.13. The second-order valence-corrected chi connectivity index (χ2v) is 5.79. The van der Waals surface area contributed by atoms with Gasteiger partial charge in [-0.3, -0.25) is 0 Å².